The topological polar surface area (TPSA) is 75.7 Å². The Bertz CT molecular complexity index is 985. The molecular formula is C22H28N2O4S. The quantitative estimate of drug-likeness (QED) is 0.762. The normalized spacial score (nSPS) is 16.2. The number of rotatable bonds is 6. The second-order valence-corrected chi connectivity index (χ2v) is 10.1. The van der Waals surface area contributed by atoms with Crippen molar-refractivity contribution in [2.45, 2.75) is 39.0 Å². The predicted molar refractivity (Wildman–Crippen MR) is 115 cm³/mol. The molecule has 2 aromatic carbocycles. The van der Waals surface area contributed by atoms with Crippen molar-refractivity contribution in [2.24, 2.45) is 11.3 Å². The van der Waals surface area contributed by atoms with Crippen molar-refractivity contribution in [3.8, 4) is 5.75 Å². The summed E-state index contributed by atoms with van der Waals surface area (Å²) in [6.07, 6.45) is 0.865. The number of benzene rings is 2. The Hall–Kier alpha value is -2.54. The summed E-state index contributed by atoms with van der Waals surface area (Å²) in [7, 11) is -3.70. The first-order valence-electron chi connectivity index (χ1n) is 9.77. The molecule has 156 valence electrons. The second kappa shape index (κ2) is 8.06. The fourth-order valence-electron chi connectivity index (χ4n) is 3.13. The van der Waals surface area contributed by atoms with Gasteiger partial charge in [-0.25, -0.2) is 8.42 Å². The number of sulfonamides is 1. The molecule has 0 saturated carbocycles. The molecule has 0 saturated heterocycles. The zero-order chi connectivity index (χ0) is 21.2. The van der Waals surface area contributed by atoms with Crippen LogP contribution in [-0.4, -0.2) is 27.5 Å². The number of nitrogens with one attached hydrogen (secondary N) is 1. The SMILES string of the molecule is CC(C)CCN1C(=O)C(C)(C)COc2cc(NS(=O)(=O)c3ccccc3)ccc21. The summed E-state index contributed by atoms with van der Waals surface area (Å²) in [5.74, 6) is 0.964. The Morgan fingerprint density at radius 3 is 2.48 bits per heavy atom. The molecule has 1 N–H and O–H groups in total. The molecule has 0 bridgehead atoms. The van der Waals surface area contributed by atoms with E-state index in [-0.39, 0.29) is 17.4 Å². The first kappa shape index (κ1) is 21.2. The van der Waals surface area contributed by atoms with Gasteiger partial charge in [0.15, 0.2) is 0 Å². The highest BCUT2D eigenvalue weighted by Gasteiger charge is 2.37. The van der Waals surface area contributed by atoms with E-state index in [0.29, 0.717) is 29.6 Å². The molecule has 1 heterocycles. The Morgan fingerprint density at radius 2 is 1.83 bits per heavy atom. The third kappa shape index (κ3) is 4.72. The molecule has 0 unspecified atom stereocenters. The molecule has 1 amide bonds. The molecule has 0 aliphatic carbocycles. The highest BCUT2D eigenvalue weighted by atomic mass is 32.2. The lowest BCUT2D eigenvalue weighted by Crippen LogP contribution is -2.42. The fourth-order valence-corrected chi connectivity index (χ4v) is 4.20. The summed E-state index contributed by atoms with van der Waals surface area (Å²) in [6.45, 7) is 8.78. The fraction of sp³-hybridized carbons (Fsp3) is 0.409. The largest absolute Gasteiger partial charge is 0.490 e. The number of hydrogen-bond donors (Lipinski definition) is 1. The zero-order valence-electron chi connectivity index (χ0n) is 17.3. The smallest absolute Gasteiger partial charge is 0.261 e. The van der Waals surface area contributed by atoms with Gasteiger partial charge in [-0.1, -0.05) is 32.0 Å². The predicted octanol–water partition coefficient (Wildman–Crippen LogP) is 4.29. The number of carbonyl (C=O) groups is 1. The van der Waals surface area contributed by atoms with E-state index in [1.54, 1.807) is 41.3 Å². The lowest BCUT2D eigenvalue weighted by atomic mass is 9.92. The zero-order valence-corrected chi connectivity index (χ0v) is 18.1. The molecule has 0 radical (unpaired) electrons. The molecule has 29 heavy (non-hydrogen) atoms. The van der Waals surface area contributed by atoms with Gasteiger partial charge in [0.1, 0.15) is 12.4 Å². The van der Waals surface area contributed by atoms with Gasteiger partial charge >= 0.3 is 0 Å². The van der Waals surface area contributed by atoms with Crippen LogP contribution in [0.4, 0.5) is 11.4 Å². The van der Waals surface area contributed by atoms with E-state index in [4.69, 9.17) is 4.74 Å². The molecule has 7 heteroatoms. The van der Waals surface area contributed by atoms with Gasteiger partial charge in [0.25, 0.3) is 10.0 Å². The molecule has 0 atom stereocenters. The van der Waals surface area contributed by atoms with E-state index in [1.165, 1.54) is 12.1 Å². The van der Waals surface area contributed by atoms with Gasteiger partial charge in [0, 0.05) is 12.6 Å². The first-order valence-corrected chi connectivity index (χ1v) is 11.3. The van der Waals surface area contributed by atoms with E-state index >= 15 is 0 Å². The maximum absolute atomic E-state index is 13.1. The molecule has 3 rings (SSSR count). The number of fused-ring (bicyclic) bond motifs is 1. The Labute approximate surface area is 172 Å². The maximum Gasteiger partial charge on any atom is 0.261 e. The van der Waals surface area contributed by atoms with Crippen LogP contribution in [0.25, 0.3) is 0 Å². The minimum atomic E-state index is -3.70. The van der Waals surface area contributed by atoms with Crippen LogP contribution in [0, 0.1) is 11.3 Å². The summed E-state index contributed by atoms with van der Waals surface area (Å²) < 4.78 is 33.8. The van der Waals surface area contributed by atoms with Gasteiger partial charge < -0.3 is 9.64 Å². The summed E-state index contributed by atoms with van der Waals surface area (Å²) in [4.78, 5) is 15.0. The van der Waals surface area contributed by atoms with Crippen molar-refractivity contribution < 1.29 is 17.9 Å². The third-order valence-corrected chi connectivity index (χ3v) is 6.30. The van der Waals surface area contributed by atoms with Crippen LogP contribution in [-0.2, 0) is 14.8 Å². The van der Waals surface area contributed by atoms with Crippen LogP contribution < -0.4 is 14.4 Å². The second-order valence-electron chi connectivity index (χ2n) is 8.41. The molecule has 1 aliphatic rings. The number of carbonyl (C=O) groups excluding carboxylic acids is 1. The van der Waals surface area contributed by atoms with Crippen molar-refractivity contribution in [3.63, 3.8) is 0 Å². The minimum Gasteiger partial charge on any atom is -0.490 e. The van der Waals surface area contributed by atoms with Crippen LogP contribution in [0.3, 0.4) is 0 Å². The van der Waals surface area contributed by atoms with Gasteiger partial charge in [0.2, 0.25) is 5.91 Å². The number of nitrogens with zero attached hydrogens (tertiary/aromatic N) is 1. The van der Waals surface area contributed by atoms with Crippen LogP contribution >= 0.6 is 0 Å². The molecule has 0 fully saturated rings. The van der Waals surface area contributed by atoms with Crippen LogP contribution in [0.1, 0.15) is 34.1 Å². The number of anilines is 2. The number of hydrogen-bond acceptors (Lipinski definition) is 4. The molecule has 1 aliphatic heterocycles. The molecule has 0 spiro atoms. The van der Waals surface area contributed by atoms with Gasteiger partial charge in [-0.2, -0.15) is 0 Å². The van der Waals surface area contributed by atoms with Gasteiger partial charge in [-0.15, -0.1) is 0 Å². The average molecular weight is 417 g/mol. The summed E-state index contributed by atoms with van der Waals surface area (Å²) in [6, 6.07) is 13.2. The van der Waals surface area contributed by atoms with E-state index < -0.39 is 15.4 Å². The molecular weight excluding hydrogens is 388 g/mol. The minimum absolute atomic E-state index is 0.00881. The van der Waals surface area contributed by atoms with Crippen molar-refractivity contribution in [1.29, 1.82) is 0 Å². The lowest BCUT2D eigenvalue weighted by Gasteiger charge is -2.28. The Kier molecular flexibility index (Phi) is 5.89. The third-order valence-electron chi connectivity index (χ3n) is 4.90. The summed E-state index contributed by atoms with van der Waals surface area (Å²) in [5, 5.41) is 0. The molecule has 0 aromatic heterocycles. The van der Waals surface area contributed by atoms with Crippen molar-refractivity contribution in [2.75, 3.05) is 22.8 Å². The van der Waals surface area contributed by atoms with E-state index in [1.807, 2.05) is 13.8 Å². The highest BCUT2D eigenvalue weighted by molar-refractivity contribution is 7.92. The van der Waals surface area contributed by atoms with Crippen molar-refractivity contribution >= 4 is 27.3 Å². The van der Waals surface area contributed by atoms with Gasteiger partial charge in [-0.3, -0.25) is 9.52 Å². The maximum atomic E-state index is 13.1. The van der Waals surface area contributed by atoms with E-state index in [0.717, 1.165) is 6.42 Å². The monoisotopic (exact) mass is 416 g/mol. The molecule has 2 aromatic rings. The number of ether oxygens (including phenoxy) is 1. The van der Waals surface area contributed by atoms with Gasteiger partial charge in [-0.05, 0) is 50.5 Å². The van der Waals surface area contributed by atoms with Gasteiger partial charge in [0.05, 0.1) is 21.7 Å². The highest BCUT2D eigenvalue weighted by Crippen LogP contribution is 2.38. The van der Waals surface area contributed by atoms with Crippen LogP contribution in [0.5, 0.6) is 5.75 Å². The lowest BCUT2D eigenvalue weighted by molar-refractivity contribution is -0.127. The summed E-state index contributed by atoms with van der Waals surface area (Å²) >= 11 is 0. The average Bonchev–Trinajstić information content (AvgIpc) is 2.76. The summed E-state index contributed by atoms with van der Waals surface area (Å²) in [5.41, 5.74) is 0.395. The Morgan fingerprint density at radius 1 is 1.14 bits per heavy atom. The van der Waals surface area contributed by atoms with Crippen LogP contribution in [0.15, 0.2) is 53.4 Å². The van der Waals surface area contributed by atoms with E-state index in [2.05, 4.69) is 18.6 Å². The van der Waals surface area contributed by atoms with Crippen molar-refractivity contribution in [3.05, 3.63) is 48.5 Å². The number of amides is 1. The Balaban J connectivity index is 1.93. The van der Waals surface area contributed by atoms with E-state index in [9.17, 15) is 13.2 Å². The first-order chi connectivity index (χ1) is 13.6. The van der Waals surface area contributed by atoms with Crippen molar-refractivity contribution in [1.82, 2.24) is 0 Å². The standard InChI is InChI=1S/C22H28N2O4S/c1-16(2)12-13-24-19-11-10-17(14-20(19)28-15-22(3,4)21(24)25)23-29(26,27)18-8-6-5-7-9-18/h5-11,14,16,23H,12-13,15H2,1-4H3. The van der Waals surface area contributed by atoms with Crippen LogP contribution in [0.2, 0.25) is 0 Å². The molecule has 6 nitrogen and oxygen atoms in total.